The lowest BCUT2D eigenvalue weighted by Crippen LogP contribution is -2.42. The van der Waals surface area contributed by atoms with Gasteiger partial charge in [0.25, 0.3) is 0 Å². The second-order valence-corrected chi connectivity index (χ2v) is 5.98. The van der Waals surface area contributed by atoms with Crippen molar-refractivity contribution in [1.29, 1.82) is 0 Å². The standard InChI is InChI=1S/C15H28F3NO/c1-3-4-5-7-12(2)19-13-8-6-9-14(10-13)20-11-15(16,17)18/h12-14,19H,3-11H2,1-2H3. The van der Waals surface area contributed by atoms with Crippen LogP contribution in [0.15, 0.2) is 0 Å². The maximum atomic E-state index is 12.2. The molecule has 1 aliphatic rings. The second-order valence-electron chi connectivity index (χ2n) is 5.98. The Morgan fingerprint density at radius 1 is 1.25 bits per heavy atom. The maximum absolute atomic E-state index is 12.2. The van der Waals surface area contributed by atoms with Crippen molar-refractivity contribution in [1.82, 2.24) is 5.32 Å². The Bertz CT molecular complexity index is 258. The number of halogens is 3. The van der Waals surface area contributed by atoms with Crippen LogP contribution in [0.1, 0.15) is 65.2 Å². The number of rotatable bonds is 8. The Morgan fingerprint density at radius 2 is 2.00 bits per heavy atom. The van der Waals surface area contributed by atoms with Crippen LogP contribution in [-0.2, 0) is 4.74 Å². The van der Waals surface area contributed by atoms with E-state index in [2.05, 4.69) is 19.2 Å². The summed E-state index contributed by atoms with van der Waals surface area (Å²) in [5.74, 6) is 0. The fourth-order valence-electron chi connectivity index (χ4n) is 2.85. The molecule has 1 fully saturated rings. The van der Waals surface area contributed by atoms with Gasteiger partial charge in [-0.05, 0) is 39.0 Å². The highest BCUT2D eigenvalue weighted by Gasteiger charge is 2.31. The molecule has 3 atom stereocenters. The van der Waals surface area contributed by atoms with Crippen molar-refractivity contribution in [2.45, 2.75) is 89.6 Å². The van der Waals surface area contributed by atoms with Crippen molar-refractivity contribution < 1.29 is 17.9 Å². The predicted molar refractivity (Wildman–Crippen MR) is 74.8 cm³/mol. The molecule has 120 valence electrons. The average molecular weight is 295 g/mol. The fourth-order valence-corrected chi connectivity index (χ4v) is 2.85. The van der Waals surface area contributed by atoms with Crippen LogP contribution >= 0.6 is 0 Å². The first-order chi connectivity index (χ1) is 9.40. The van der Waals surface area contributed by atoms with Crippen molar-refractivity contribution >= 4 is 0 Å². The highest BCUT2D eigenvalue weighted by atomic mass is 19.4. The zero-order valence-electron chi connectivity index (χ0n) is 12.6. The Kier molecular flexibility index (Phi) is 7.88. The van der Waals surface area contributed by atoms with Crippen molar-refractivity contribution in [2.24, 2.45) is 0 Å². The molecule has 0 aliphatic heterocycles. The minimum atomic E-state index is -4.21. The number of hydrogen-bond donors (Lipinski definition) is 1. The third kappa shape index (κ3) is 8.10. The molecule has 0 aromatic carbocycles. The summed E-state index contributed by atoms with van der Waals surface area (Å²) in [6.07, 6.45) is 3.79. The topological polar surface area (TPSA) is 21.3 Å². The maximum Gasteiger partial charge on any atom is 0.411 e. The molecule has 0 saturated heterocycles. The normalized spacial score (nSPS) is 25.6. The molecule has 3 unspecified atom stereocenters. The van der Waals surface area contributed by atoms with E-state index in [-0.39, 0.29) is 6.10 Å². The average Bonchev–Trinajstić information content (AvgIpc) is 2.36. The van der Waals surface area contributed by atoms with Gasteiger partial charge in [-0.1, -0.05) is 26.2 Å². The van der Waals surface area contributed by atoms with E-state index >= 15 is 0 Å². The van der Waals surface area contributed by atoms with Crippen LogP contribution in [0.25, 0.3) is 0 Å². The van der Waals surface area contributed by atoms with Crippen LogP contribution in [-0.4, -0.2) is 31.0 Å². The summed E-state index contributed by atoms with van der Waals surface area (Å²) in [6, 6.07) is 0.742. The monoisotopic (exact) mass is 295 g/mol. The number of hydrogen-bond acceptors (Lipinski definition) is 2. The Hall–Kier alpha value is -0.290. The molecule has 0 bridgehead atoms. The minimum absolute atomic E-state index is 0.245. The van der Waals surface area contributed by atoms with Crippen LogP contribution in [0.5, 0.6) is 0 Å². The van der Waals surface area contributed by atoms with E-state index in [1.54, 1.807) is 0 Å². The third-order valence-corrected chi connectivity index (χ3v) is 3.87. The lowest BCUT2D eigenvalue weighted by Gasteiger charge is -2.32. The lowest BCUT2D eigenvalue weighted by atomic mass is 9.92. The smallest absolute Gasteiger partial charge is 0.369 e. The quantitative estimate of drug-likeness (QED) is 0.669. The molecule has 0 aromatic rings. The molecular weight excluding hydrogens is 267 g/mol. The Morgan fingerprint density at radius 3 is 2.65 bits per heavy atom. The lowest BCUT2D eigenvalue weighted by molar-refractivity contribution is -0.188. The molecule has 1 saturated carbocycles. The molecule has 0 radical (unpaired) electrons. The number of nitrogens with one attached hydrogen (secondary N) is 1. The van der Waals surface area contributed by atoms with Gasteiger partial charge in [-0.2, -0.15) is 13.2 Å². The Balaban J connectivity index is 2.22. The highest BCUT2D eigenvalue weighted by Crippen LogP contribution is 2.24. The first-order valence-corrected chi connectivity index (χ1v) is 7.85. The second kappa shape index (κ2) is 8.88. The molecule has 2 nitrogen and oxygen atoms in total. The van der Waals surface area contributed by atoms with Gasteiger partial charge in [0, 0.05) is 12.1 Å². The van der Waals surface area contributed by atoms with Crippen molar-refractivity contribution in [3.05, 3.63) is 0 Å². The largest absolute Gasteiger partial charge is 0.411 e. The van der Waals surface area contributed by atoms with Crippen LogP contribution in [0.3, 0.4) is 0 Å². The zero-order valence-corrected chi connectivity index (χ0v) is 12.6. The summed E-state index contributed by atoms with van der Waals surface area (Å²) in [7, 11) is 0. The number of ether oxygens (including phenoxy) is 1. The summed E-state index contributed by atoms with van der Waals surface area (Å²) >= 11 is 0. The number of unbranched alkanes of at least 4 members (excludes halogenated alkanes) is 2. The molecule has 1 rings (SSSR count). The molecular formula is C15H28F3NO. The van der Waals surface area contributed by atoms with E-state index in [4.69, 9.17) is 4.74 Å². The van der Waals surface area contributed by atoms with Gasteiger partial charge in [-0.25, -0.2) is 0 Å². The molecule has 0 spiro atoms. The highest BCUT2D eigenvalue weighted by molar-refractivity contribution is 4.80. The molecule has 0 amide bonds. The SMILES string of the molecule is CCCCCC(C)NC1CCCC(OCC(F)(F)F)C1. The number of alkyl halides is 3. The van der Waals surface area contributed by atoms with E-state index in [1.807, 2.05) is 0 Å². The third-order valence-electron chi connectivity index (χ3n) is 3.87. The van der Waals surface area contributed by atoms with Gasteiger partial charge in [0.1, 0.15) is 6.61 Å². The first-order valence-electron chi connectivity index (χ1n) is 7.85. The van der Waals surface area contributed by atoms with Crippen molar-refractivity contribution in [2.75, 3.05) is 6.61 Å². The fraction of sp³-hybridized carbons (Fsp3) is 1.00. The molecule has 0 aromatic heterocycles. The summed E-state index contributed by atoms with van der Waals surface area (Å²) in [4.78, 5) is 0. The van der Waals surface area contributed by atoms with Gasteiger partial charge >= 0.3 is 6.18 Å². The van der Waals surface area contributed by atoms with Crippen LogP contribution in [0, 0.1) is 0 Å². The molecule has 1 N–H and O–H groups in total. The Labute approximate surface area is 120 Å². The summed E-state index contributed by atoms with van der Waals surface area (Å²) in [5.41, 5.74) is 0. The van der Waals surface area contributed by atoms with Crippen LogP contribution in [0.4, 0.5) is 13.2 Å². The van der Waals surface area contributed by atoms with E-state index in [0.29, 0.717) is 18.5 Å². The van der Waals surface area contributed by atoms with Gasteiger partial charge in [0.15, 0.2) is 0 Å². The van der Waals surface area contributed by atoms with Crippen LogP contribution < -0.4 is 5.32 Å². The van der Waals surface area contributed by atoms with Gasteiger partial charge in [-0.15, -0.1) is 0 Å². The van der Waals surface area contributed by atoms with E-state index in [1.165, 1.54) is 19.3 Å². The van der Waals surface area contributed by atoms with Gasteiger partial charge in [0.2, 0.25) is 0 Å². The summed E-state index contributed by atoms with van der Waals surface area (Å²) < 4.78 is 41.4. The molecule has 5 heteroatoms. The van der Waals surface area contributed by atoms with E-state index < -0.39 is 12.8 Å². The summed E-state index contributed by atoms with van der Waals surface area (Å²) in [6.45, 7) is 3.23. The van der Waals surface area contributed by atoms with Gasteiger partial charge in [0.05, 0.1) is 6.10 Å². The predicted octanol–water partition coefficient (Wildman–Crippen LogP) is 4.43. The summed E-state index contributed by atoms with van der Waals surface area (Å²) in [5, 5.41) is 3.54. The van der Waals surface area contributed by atoms with Crippen LogP contribution in [0.2, 0.25) is 0 Å². The van der Waals surface area contributed by atoms with Gasteiger partial charge < -0.3 is 10.1 Å². The van der Waals surface area contributed by atoms with Crippen molar-refractivity contribution in [3.8, 4) is 0 Å². The van der Waals surface area contributed by atoms with Gasteiger partial charge in [-0.3, -0.25) is 0 Å². The first kappa shape index (κ1) is 17.8. The van der Waals surface area contributed by atoms with E-state index in [9.17, 15) is 13.2 Å². The molecule has 20 heavy (non-hydrogen) atoms. The minimum Gasteiger partial charge on any atom is -0.369 e. The molecule has 0 heterocycles. The van der Waals surface area contributed by atoms with E-state index in [0.717, 1.165) is 25.7 Å². The zero-order chi connectivity index (χ0) is 15.0. The van der Waals surface area contributed by atoms with Crippen molar-refractivity contribution in [3.63, 3.8) is 0 Å². The molecule has 1 aliphatic carbocycles.